The summed E-state index contributed by atoms with van der Waals surface area (Å²) in [6, 6.07) is 13.3. The molecule has 0 bridgehead atoms. The Morgan fingerprint density at radius 2 is 2.11 bits per heavy atom. The van der Waals surface area contributed by atoms with Crippen LogP contribution in [0, 0.1) is 17.2 Å². The molecule has 3 rings (SSSR count). The van der Waals surface area contributed by atoms with Gasteiger partial charge in [0.05, 0.1) is 18.2 Å². The van der Waals surface area contributed by atoms with Gasteiger partial charge in [-0.1, -0.05) is 12.1 Å². The summed E-state index contributed by atoms with van der Waals surface area (Å²) in [5, 5.41) is 16.5. The van der Waals surface area contributed by atoms with Gasteiger partial charge in [-0.25, -0.2) is 8.42 Å². The van der Waals surface area contributed by atoms with E-state index in [4.69, 9.17) is 10.00 Å². The van der Waals surface area contributed by atoms with Crippen molar-refractivity contribution in [1.29, 1.82) is 5.26 Å². The number of rotatable bonds is 7. The highest BCUT2D eigenvalue weighted by molar-refractivity contribution is 7.90. The van der Waals surface area contributed by atoms with Gasteiger partial charge < -0.3 is 4.74 Å². The zero-order chi connectivity index (χ0) is 20.1. The van der Waals surface area contributed by atoms with E-state index in [1.807, 2.05) is 18.2 Å². The monoisotopic (exact) mass is 400 g/mol. The lowest BCUT2D eigenvalue weighted by atomic mass is 10.1. The molecule has 2 heterocycles. The van der Waals surface area contributed by atoms with Gasteiger partial charge in [-0.15, -0.1) is 10.2 Å². The molecule has 1 aromatic heterocycles. The Bertz CT molecular complexity index is 954. The molecular weight excluding hydrogens is 376 g/mol. The third-order valence-corrected chi connectivity index (χ3v) is 5.97. The van der Waals surface area contributed by atoms with Gasteiger partial charge in [0.2, 0.25) is 5.88 Å². The van der Waals surface area contributed by atoms with Gasteiger partial charge in [0.1, 0.15) is 0 Å². The van der Waals surface area contributed by atoms with E-state index in [0.29, 0.717) is 30.0 Å². The number of likely N-dealkylation sites (tertiary alicyclic amines) is 1. The van der Waals surface area contributed by atoms with Gasteiger partial charge in [-0.2, -0.15) is 5.26 Å². The summed E-state index contributed by atoms with van der Waals surface area (Å²) < 4.78 is 28.6. The fourth-order valence-corrected chi connectivity index (χ4v) is 4.01. The molecule has 2 atom stereocenters. The molecule has 7 nitrogen and oxygen atoms in total. The topological polar surface area (TPSA) is 96.2 Å². The summed E-state index contributed by atoms with van der Waals surface area (Å²) in [5.41, 5.74) is 1.87. The van der Waals surface area contributed by atoms with E-state index in [0.717, 1.165) is 32.2 Å². The second kappa shape index (κ2) is 8.67. The molecule has 1 saturated heterocycles. The first-order valence-corrected chi connectivity index (χ1v) is 11.1. The second-order valence-electron chi connectivity index (χ2n) is 7.30. The first-order chi connectivity index (χ1) is 13.3. The molecule has 0 amide bonds. The molecule has 8 heteroatoms. The highest BCUT2D eigenvalue weighted by atomic mass is 32.2. The van der Waals surface area contributed by atoms with Crippen molar-refractivity contribution in [2.45, 2.75) is 30.8 Å². The molecule has 28 heavy (non-hydrogen) atoms. The largest absolute Gasteiger partial charge is 0.476 e. The van der Waals surface area contributed by atoms with E-state index in [2.05, 4.69) is 34.2 Å². The van der Waals surface area contributed by atoms with Crippen LogP contribution in [0.3, 0.4) is 0 Å². The van der Waals surface area contributed by atoms with Crippen molar-refractivity contribution in [3.63, 3.8) is 0 Å². The molecule has 1 aliphatic heterocycles. The van der Waals surface area contributed by atoms with Crippen LogP contribution < -0.4 is 4.74 Å². The molecule has 0 unspecified atom stereocenters. The molecule has 1 aliphatic rings. The van der Waals surface area contributed by atoms with Crippen LogP contribution in [0.5, 0.6) is 5.88 Å². The van der Waals surface area contributed by atoms with Gasteiger partial charge in [0.15, 0.2) is 14.9 Å². The molecule has 0 radical (unpaired) electrons. The predicted octanol–water partition coefficient (Wildman–Crippen LogP) is 2.08. The van der Waals surface area contributed by atoms with Gasteiger partial charge in [0.25, 0.3) is 0 Å². The number of hydrogen-bond donors (Lipinski definition) is 0. The van der Waals surface area contributed by atoms with Crippen LogP contribution in [0.1, 0.15) is 24.5 Å². The lowest BCUT2D eigenvalue weighted by Gasteiger charge is -2.21. The summed E-state index contributed by atoms with van der Waals surface area (Å²) in [6.07, 6.45) is 3.04. The maximum atomic E-state index is 11.4. The zero-order valence-electron chi connectivity index (χ0n) is 16.1. The SMILES string of the molecule is C[C@@H]1C[C@H](COc2ccc(S(C)(=O)=O)nn2)CN1CCc1cccc(C#N)c1. The maximum absolute atomic E-state index is 11.4. The van der Waals surface area contributed by atoms with E-state index in [1.54, 1.807) is 6.07 Å². The van der Waals surface area contributed by atoms with Crippen LogP contribution in [0.4, 0.5) is 0 Å². The maximum Gasteiger partial charge on any atom is 0.233 e. The standard InChI is InChI=1S/C20H24N4O3S/c1-15-10-18(14-27-19-6-7-20(23-22-19)28(2,25)26)13-24(15)9-8-16-4-3-5-17(11-16)12-21/h3-7,11,15,18H,8-10,13-14H2,1-2H3/t15-,18+/m1/s1. The molecule has 2 aromatic rings. The summed E-state index contributed by atoms with van der Waals surface area (Å²) in [5.74, 6) is 0.726. The first-order valence-electron chi connectivity index (χ1n) is 9.25. The Hall–Kier alpha value is -2.50. The van der Waals surface area contributed by atoms with Crippen molar-refractivity contribution in [3.8, 4) is 11.9 Å². The number of sulfone groups is 1. The number of benzene rings is 1. The van der Waals surface area contributed by atoms with Crippen molar-refractivity contribution in [2.75, 3.05) is 26.0 Å². The van der Waals surface area contributed by atoms with Crippen LogP contribution in [-0.2, 0) is 16.3 Å². The quantitative estimate of drug-likeness (QED) is 0.702. The Kier molecular flexibility index (Phi) is 6.27. The normalized spacial score (nSPS) is 20.0. The van der Waals surface area contributed by atoms with Crippen molar-refractivity contribution in [2.24, 2.45) is 5.92 Å². The zero-order valence-corrected chi connectivity index (χ0v) is 16.9. The number of nitrogens with zero attached hydrogens (tertiary/aromatic N) is 4. The van der Waals surface area contributed by atoms with E-state index in [1.165, 1.54) is 11.6 Å². The van der Waals surface area contributed by atoms with E-state index in [9.17, 15) is 8.42 Å². The van der Waals surface area contributed by atoms with Crippen molar-refractivity contribution in [3.05, 3.63) is 47.5 Å². The lowest BCUT2D eigenvalue weighted by Crippen LogP contribution is -2.29. The first kappa shape index (κ1) is 20.2. The van der Waals surface area contributed by atoms with Crippen molar-refractivity contribution >= 4 is 9.84 Å². The van der Waals surface area contributed by atoms with Gasteiger partial charge >= 0.3 is 0 Å². The third kappa shape index (κ3) is 5.27. The van der Waals surface area contributed by atoms with Gasteiger partial charge in [0, 0.05) is 37.4 Å². The molecule has 1 aromatic carbocycles. The molecule has 0 aliphatic carbocycles. The molecule has 0 spiro atoms. The summed E-state index contributed by atoms with van der Waals surface area (Å²) >= 11 is 0. The fraction of sp³-hybridized carbons (Fsp3) is 0.450. The molecule has 148 valence electrons. The fourth-order valence-electron chi connectivity index (χ4n) is 3.50. The summed E-state index contributed by atoms with van der Waals surface area (Å²) in [7, 11) is -3.35. The van der Waals surface area contributed by atoms with Crippen LogP contribution in [0.2, 0.25) is 0 Å². The lowest BCUT2D eigenvalue weighted by molar-refractivity contribution is 0.227. The summed E-state index contributed by atoms with van der Waals surface area (Å²) in [4.78, 5) is 2.44. The third-order valence-electron chi connectivity index (χ3n) is 5.00. The molecule has 0 saturated carbocycles. The highest BCUT2D eigenvalue weighted by Gasteiger charge is 2.29. The van der Waals surface area contributed by atoms with Crippen LogP contribution in [0.25, 0.3) is 0 Å². The van der Waals surface area contributed by atoms with Crippen LogP contribution >= 0.6 is 0 Å². The van der Waals surface area contributed by atoms with E-state index >= 15 is 0 Å². The summed E-state index contributed by atoms with van der Waals surface area (Å²) in [6.45, 7) is 4.62. The minimum Gasteiger partial charge on any atom is -0.476 e. The second-order valence-corrected chi connectivity index (χ2v) is 9.26. The highest BCUT2D eigenvalue weighted by Crippen LogP contribution is 2.24. The van der Waals surface area contributed by atoms with Gasteiger partial charge in [-0.3, -0.25) is 4.90 Å². The molecular formula is C20H24N4O3S. The van der Waals surface area contributed by atoms with E-state index in [-0.39, 0.29) is 5.03 Å². The average molecular weight is 401 g/mol. The Labute approximate surface area is 165 Å². The number of ether oxygens (including phenoxy) is 1. The average Bonchev–Trinajstić information content (AvgIpc) is 3.04. The minimum absolute atomic E-state index is 0.0546. The molecule has 1 fully saturated rings. The van der Waals surface area contributed by atoms with Crippen molar-refractivity contribution < 1.29 is 13.2 Å². The van der Waals surface area contributed by atoms with Crippen molar-refractivity contribution in [1.82, 2.24) is 15.1 Å². The smallest absolute Gasteiger partial charge is 0.233 e. The van der Waals surface area contributed by atoms with Crippen LogP contribution in [0.15, 0.2) is 41.4 Å². The predicted molar refractivity (Wildman–Crippen MR) is 105 cm³/mol. The Morgan fingerprint density at radius 3 is 2.79 bits per heavy atom. The Morgan fingerprint density at radius 1 is 1.29 bits per heavy atom. The number of aromatic nitrogens is 2. The molecule has 0 N–H and O–H groups in total. The van der Waals surface area contributed by atoms with E-state index < -0.39 is 9.84 Å². The number of nitriles is 1. The van der Waals surface area contributed by atoms with Crippen LogP contribution in [-0.4, -0.2) is 55.5 Å². The number of hydrogen-bond acceptors (Lipinski definition) is 7. The van der Waals surface area contributed by atoms with Gasteiger partial charge in [-0.05, 0) is 43.5 Å². The Balaban J connectivity index is 1.49. The minimum atomic E-state index is -3.35.